The van der Waals surface area contributed by atoms with Crippen LogP contribution in [0.1, 0.15) is 22.9 Å². The summed E-state index contributed by atoms with van der Waals surface area (Å²) in [4.78, 5) is 10.3. The highest BCUT2D eigenvalue weighted by Crippen LogP contribution is 2.37. The van der Waals surface area contributed by atoms with E-state index >= 15 is 0 Å². The lowest BCUT2D eigenvalue weighted by molar-refractivity contribution is 0.669. The molecule has 0 bridgehead atoms. The van der Waals surface area contributed by atoms with Gasteiger partial charge in [-0.05, 0) is 52.1 Å². The van der Waals surface area contributed by atoms with Gasteiger partial charge in [0.15, 0.2) is 6.17 Å². The molecule has 204 valence electrons. The van der Waals surface area contributed by atoms with Crippen molar-refractivity contribution in [3.05, 3.63) is 168 Å². The summed E-state index contributed by atoms with van der Waals surface area (Å²) in [7, 11) is 0. The Bertz CT molecular complexity index is 2160. The lowest BCUT2D eigenvalue weighted by Crippen LogP contribution is -2.36. The molecular weight excluding hydrogens is 526 g/mol. The fraction of sp³-hybridized carbons (Fsp3) is 0.0256. The predicted molar refractivity (Wildman–Crippen MR) is 176 cm³/mol. The number of amidine groups is 2. The molecule has 4 nitrogen and oxygen atoms in total. The molecule has 0 spiro atoms. The van der Waals surface area contributed by atoms with Crippen molar-refractivity contribution in [3.63, 3.8) is 0 Å². The number of nitrogens with one attached hydrogen (secondary N) is 1. The van der Waals surface area contributed by atoms with Crippen molar-refractivity contribution in [2.75, 3.05) is 0 Å². The fourth-order valence-electron chi connectivity index (χ4n) is 5.85. The van der Waals surface area contributed by atoms with Crippen LogP contribution in [0.3, 0.4) is 0 Å². The van der Waals surface area contributed by atoms with Gasteiger partial charge >= 0.3 is 0 Å². The van der Waals surface area contributed by atoms with Crippen LogP contribution in [0.15, 0.2) is 166 Å². The van der Waals surface area contributed by atoms with Gasteiger partial charge in [-0.3, -0.25) is 0 Å². The van der Waals surface area contributed by atoms with Gasteiger partial charge in [0, 0.05) is 21.9 Å². The summed E-state index contributed by atoms with van der Waals surface area (Å²) in [6.45, 7) is 0. The van der Waals surface area contributed by atoms with Crippen molar-refractivity contribution in [3.8, 4) is 22.3 Å². The zero-order chi connectivity index (χ0) is 28.6. The third-order valence-electron chi connectivity index (χ3n) is 7.93. The Morgan fingerprint density at radius 1 is 0.465 bits per heavy atom. The Balaban J connectivity index is 1.24. The van der Waals surface area contributed by atoms with Crippen molar-refractivity contribution in [1.82, 2.24) is 5.32 Å². The summed E-state index contributed by atoms with van der Waals surface area (Å²) in [5.74, 6) is 1.59. The second kappa shape index (κ2) is 10.6. The minimum Gasteiger partial charge on any atom is -0.456 e. The van der Waals surface area contributed by atoms with Crippen molar-refractivity contribution in [2.45, 2.75) is 6.17 Å². The highest BCUT2D eigenvalue weighted by Gasteiger charge is 2.22. The predicted octanol–water partition coefficient (Wildman–Crippen LogP) is 9.42. The molecule has 1 unspecified atom stereocenters. The number of benzene rings is 6. The summed E-state index contributed by atoms with van der Waals surface area (Å²) in [5, 5.41) is 5.79. The Hall–Kier alpha value is -5.74. The van der Waals surface area contributed by atoms with Crippen molar-refractivity contribution < 1.29 is 4.42 Å². The first-order valence-electron chi connectivity index (χ1n) is 14.4. The molecule has 4 heteroatoms. The number of furan rings is 1. The van der Waals surface area contributed by atoms with E-state index < -0.39 is 0 Å². The zero-order valence-corrected chi connectivity index (χ0v) is 23.3. The van der Waals surface area contributed by atoms with Crippen molar-refractivity contribution in [1.29, 1.82) is 0 Å². The van der Waals surface area contributed by atoms with Crippen LogP contribution in [-0.4, -0.2) is 11.7 Å². The Kier molecular flexibility index (Phi) is 6.16. The van der Waals surface area contributed by atoms with Gasteiger partial charge in [0.2, 0.25) is 0 Å². The molecule has 0 aliphatic carbocycles. The topological polar surface area (TPSA) is 49.9 Å². The van der Waals surface area contributed by atoms with Crippen LogP contribution >= 0.6 is 0 Å². The summed E-state index contributed by atoms with van der Waals surface area (Å²) >= 11 is 0. The Morgan fingerprint density at radius 3 is 1.91 bits per heavy atom. The molecule has 0 amide bonds. The average Bonchev–Trinajstić information content (AvgIpc) is 3.48. The molecule has 0 radical (unpaired) electrons. The van der Waals surface area contributed by atoms with Gasteiger partial charge in [-0.1, -0.05) is 127 Å². The molecule has 1 aromatic heterocycles. The number of fused-ring (bicyclic) bond motifs is 3. The van der Waals surface area contributed by atoms with E-state index in [-0.39, 0.29) is 6.17 Å². The van der Waals surface area contributed by atoms with Crippen LogP contribution in [0.2, 0.25) is 0 Å². The average molecular weight is 554 g/mol. The number of aliphatic imine (C=N–C) groups is 2. The highest BCUT2D eigenvalue weighted by atomic mass is 16.3. The standard InChI is InChI=1S/C39H27N3O/c1-3-12-26(13-4-1)28-16-9-18-30(24-28)38-40-37(27-14-5-2-6-15-27)41-39(42-38)31-19-10-17-29(25-31)32-21-11-23-35-36(32)33-20-7-8-22-34(33)43-35/h1-25,38H,(H,40,41,42). The molecule has 0 fully saturated rings. The maximum atomic E-state index is 6.18. The molecule has 1 aliphatic rings. The number of hydrogen-bond donors (Lipinski definition) is 1. The summed E-state index contributed by atoms with van der Waals surface area (Å²) in [5.41, 5.74) is 9.38. The van der Waals surface area contributed by atoms with E-state index in [1.165, 1.54) is 5.56 Å². The monoisotopic (exact) mass is 553 g/mol. The van der Waals surface area contributed by atoms with Crippen LogP contribution in [0.25, 0.3) is 44.2 Å². The molecule has 1 N–H and O–H groups in total. The molecule has 0 saturated carbocycles. The quantitative estimate of drug-likeness (QED) is 0.231. The van der Waals surface area contributed by atoms with Crippen LogP contribution in [0.5, 0.6) is 0 Å². The number of hydrogen-bond acceptors (Lipinski definition) is 4. The minimum atomic E-state index is -0.389. The third kappa shape index (κ3) is 4.69. The van der Waals surface area contributed by atoms with Gasteiger partial charge in [-0.15, -0.1) is 0 Å². The van der Waals surface area contributed by atoms with E-state index in [2.05, 4.69) is 115 Å². The van der Waals surface area contributed by atoms with Crippen molar-refractivity contribution in [2.24, 2.45) is 9.98 Å². The molecule has 7 aromatic rings. The fourth-order valence-corrected chi connectivity index (χ4v) is 5.85. The van der Waals surface area contributed by atoms with Crippen molar-refractivity contribution >= 4 is 33.6 Å². The molecule has 1 aliphatic heterocycles. The molecule has 0 saturated heterocycles. The third-order valence-corrected chi connectivity index (χ3v) is 7.93. The van der Waals surface area contributed by atoms with E-state index in [0.29, 0.717) is 0 Å². The first-order valence-corrected chi connectivity index (χ1v) is 14.4. The number of nitrogens with zero attached hydrogens (tertiary/aromatic N) is 2. The molecular formula is C39H27N3O. The minimum absolute atomic E-state index is 0.389. The van der Waals surface area contributed by atoms with Gasteiger partial charge in [0.05, 0.1) is 0 Å². The van der Waals surface area contributed by atoms with Gasteiger partial charge in [0.25, 0.3) is 0 Å². The van der Waals surface area contributed by atoms with Gasteiger partial charge in [-0.25, -0.2) is 9.98 Å². The van der Waals surface area contributed by atoms with E-state index in [1.54, 1.807) is 0 Å². The first kappa shape index (κ1) is 25.0. The summed E-state index contributed by atoms with van der Waals surface area (Å²) in [6, 6.07) is 52.2. The van der Waals surface area contributed by atoms with E-state index in [1.807, 2.05) is 42.5 Å². The normalized spacial score (nSPS) is 14.7. The van der Waals surface area contributed by atoms with Gasteiger partial charge in [0.1, 0.15) is 22.8 Å². The second-order valence-electron chi connectivity index (χ2n) is 10.7. The lowest BCUT2D eigenvalue weighted by atomic mass is 9.97. The lowest BCUT2D eigenvalue weighted by Gasteiger charge is -2.23. The van der Waals surface area contributed by atoms with Crippen LogP contribution in [0.4, 0.5) is 0 Å². The molecule has 43 heavy (non-hydrogen) atoms. The second-order valence-corrected chi connectivity index (χ2v) is 10.7. The molecule has 8 rings (SSSR count). The van der Waals surface area contributed by atoms with E-state index in [4.69, 9.17) is 14.4 Å². The first-order chi connectivity index (χ1) is 21.3. The van der Waals surface area contributed by atoms with Crippen LogP contribution in [-0.2, 0) is 0 Å². The zero-order valence-electron chi connectivity index (χ0n) is 23.3. The molecule has 6 aromatic carbocycles. The van der Waals surface area contributed by atoms with E-state index in [9.17, 15) is 0 Å². The smallest absolute Gasteiger partial charge is 0.169 e. The van der Waals surface area contributed by atoms with Gasteiger partial charge < -0.3 is 9.73 Å². The van der Waals surface area contributed by atoms with Crippen LogP contribution in [0, 0.1) is 0 Å². The maximum Gasteiger partial charge on any atom is 0.169 e. The highest BCUT2D eigenvalue weighted by molar-refractivity contribution is 6.17. The largest absolute Gasteiger partial charge is 0.456 e. The summed E-state index contributed by atoms with van der Waals surface area (Å²) in [6.07, 6.45) is -0.389. The molecule has 2 heterocycles. The Labute approximate surface area is 249 Å². The van der Waals surface area contributed by atoms with Crippen LogP contribution < -0.4 is 5.32 Å². The van der Waals surface area contributed by atoms with E-state index in [0.717, 1.165) is 67.0 Å². The number of para-hydroxylation sites is 1. The SMILES string of the molecule is c1ccc(C2=NC(c3cccc(-c4ccccc4)c3)N=C(c3cccc(-c4cccc5oc6ccccc6c45)c3)N2)cc1. The number of rotatable bonds is 5. The molecule has 1 atom stereocenters. The Morgan fingerprint density at radius 2 is 1.07 bits per heavy atom. The maximum absolute atomic E-state index is 6.18. The van der Waals surface area contributed by atoms with Gasteiger partial charge in [-0.2, -0.15) is 0 Å². The summed E-state index contributed by atoms with van der Waals surface area (Å²) < 4.78 is 6.18.